The standard InChI is InChI=1S/C28H25NO5/c1-32-25-22(26(30)33-2)23(19-13-7-4-8-14-19)28(24(25)27(31)34-3,20-15-9-5-10-16-20)29-21-17-11-6-12-18-21/h4-18,29H,1-3H3. The Morgan fingerprint density at radius 3 is 1.76 bits per heavy atom. The van der Waals surface area contributed by atoms with Crippen molar-refractivity contribution in [1.29, 1.82) is 0 Å². The van der Waals surface area contributed by atoms with Crippen LogP contribution in [-0.4, -0.2) is 33.3 Å². The molecule has 1 unspecified atom stereocenters. The van der Waals surface area contributed by atoms with E-state index in [2.05, 4.69) is 5.32 Å². The summed E-state index contributed by atoms with van der Waals surface area (Å²) in [6, 6.07) is 28.3. The molecular weight excluding hydrogens is 430 g/mol. The number of anilines is 1. The fraction of sp³-hybridized carbons (Fsp3) is 0.143. The number of nitrogens with one attached hydrogen (secondary N) is 1. The number of rotatable bonds is 7. The summed E-state index contributed by atoms with van der Waals surface area (Å²) in [5, 5.41) is 3.55. The first-order valence-electron chi connectivity index (χ1n) is 10.7. The number of para-hydroxylation sites is 1. The third-order valence-electron chi connectivity index (χ3n) is 5.81. The highest BCUT2D eigenvalue weighted by molar-refractivity contribution is 6.14. The van der Waals surface area contributed by atoms with Crippen molar-refractivity contribution < 1.29 is 23.8 Å². The molecule has 0 saturated carbocycles. The molecule has 0 spiro atoms. The summed E-state index contributed by atoms with van der Waals surface area (Å²) in [5.74, 6) is -1.15. The molecule has 0 saturated heterocycles. The van der Waals surface area contributed by atoms with E-state index in [1.54, 1.807) is 0 Å². The highest BCUT2D eigenvalue weighted by atomic mass is 16.5. The Morgan fingerprint density at radius 2 is 1.24 bits per heavy atom. The number of carbonyl (C=O) groups excluding carboxylic acids is 2. The van der Waals surface area contributed by atoms with E-state index in [4.69, 9.17) is 14.2 Å². The Morgan fingerprint density at radius 1 is 0.706 bits per heavy atom. The lowest BCUT2D eigenvalue weighted by Gasteiger charge is -2.37. The van der Waals surface area contributed by atoms with Crippen molar-refractivity contribution in [2.45, 2.75) is 5.54 Å². The molecule has 0 amide bonds. The molecule has 0 aromatic heterocycles. The van der Waals surface area contributed by atoms with E-state index >= 15 is 0 Å². The Hall–Kier alpha value is -4.32. The molecule has 3 aromatic rings. The van der Waals surface area contributed by atoms with Gasteiger partial charge in [0.2, 0.25) is 0 Å². The van der Waals surface area contributed by atoms with Crippen LogP contribution in [0.4, 0.5) is 5.69 Å². The van der Waals surface area contributed by atoms with Crippen molar-refractivity contribution in [1.82, 2.24) is 0 Å². The molecule has 6 nitrogen and oxygen atoms in total. The highest BCUT2D eigenvalue weighted by Gasteiger charge is 2.55. The van der Waals surface area contributed by atoms with Crippen molar-refractivity contribution in [3.05, 3.63) is 119 Å². The number of hydrogen-bond acceptors (Lipinski definition) is 6. The zero-order valence-corrected chi connectivity index (χ0v) is 19.2. The van der Waals surface area contributed by atoms with Crippen LogP contribution in [-0.2, 0) is 29.3 Å². The SMILES string of the molecule is COC(=O)C1=C(c2ccccc2)C(Nc2ccccc2)(c2ccccc2)C(C(=O)OC)=C1OC. The van der Waals surface area contributed by atoms with Gasteiger partial charge in [-0.25, -0.2) is 9.59 Å². The van der Waals surface area contributed by atoms with Gasteiger partial charge in [0.25, 0.3) is 0 Å². The van der Waals surface area contributed by atoms with Gasteiger partial charge >= 0.3 is 11.9 Å². The van der Waals surface area contributed by atoms with Gasteiger partial charge in [0.15, 0.2) is 0 Å². The average molecular weight is 456 g/mol. The van der Waals surface area contributed by atoms with Crippen molar-refractivity contribution in [3.8, 4) is 0 Å². The molecule has 1 aliphatic carbocycles. The fourth-order valence-electron chi connectivity index (χ4n) is 4.45. The van der Waals surface area contributed by atoms with E-state index in [1.165, 1.54) is 21.3 Å². The minimum atomic E-state index is -1.31. The van der Waals surface area contributed by atoms with Crippen molar-refractivity contribution >= 4 is 23.2 Å². The minimum absolute atomic E-state index is 0.102. The summed E-state index contributed by atoms with van der Waals surface area (Å²) in [6.45, 7) is 0. The molecule has 0 fully saturated rings. The number of benzene rings is 3. The molecule has 1 N–H and O–H groups in total. The molecule has 34 heavy (non-hydrogen) atoms. The van der Waals surface area contributed by atoms with Gasteiger partial charge in [-0.2, -0.15) is 0 Å². The number of esters is 2. The molecule has 172 valence electrons. The predicted octanol–water partition coefficient (Wildman–Crippen LogP) is 4.71. The predicted molar refractivity (Wildman–Crippen MR) is 130 cm³/mol. The molecule has 0 aliphatic heterocycles. The van der Waals surface area contributed by atoms with Crippen LogP contribution in [0.15, 0.2) is 108 Å². The summed E-state index contributed by atoms with van der Waals surface area (Å²) in [4.78, 5) is 26.6. The quantitative estimate of drug-likeness (QED) is 0.520. The largest absolute Gasteiger partial charge is 0.495 e. The van der Waals surface area contributed by atoms with Crippen molar-refractivity contribution in [3.63, 3.8) is 0 Å². The maximum atomic E-state index is 13.4. The number of methoxy groups -OCH3 is 3. The monoisotopic (exact) mass is 455 g/mol. The maximum Gasteiger partial charge on any atom is 0.342 e. The molecule has 1 atom stereocenters. The molecule has 4 rings (SSSR count). The third kappa shape index (κ3) is 3.73. The lowest BCUT2D eigenvalue weighted by Crippen LogP contribution is -2.40. The summed E-state index contributed by atoms with van der Waals surface area (Å²) >= 11 is 0. The molecule has 1 aliphatic rings. The normalized spacial score (nSPS) is 17.4. The van der Waals surface area contributed by atoms with Gasteiger partial charge in [-0.15, -0.1) is 0 Å². The van der Waals surface area contributed by atoms with Gasteiger partial charge in [0.05, 0.1) is 21.3 Å². The molecule has 0 heterocycles. The molecule has 0 bridgehead atoms. The second-order valence-electron chi connectivity index (χ2n) is 7.61. The highest BCUT2D eigenvalue weighted by Crippen LogP contribution is 2.54. The van der Waals surface area contributed by atoms with Crippen molar-refractivity contribution in [2.24, 2.45) is 0 Å². The lowest BCUT2D eigenvalue weighted by atomic mass is 9.75. The zero-order valence-electron chi connectivity index (χ0n) is 19.2. The van der Waals surface area contributed by atoms with E-state index in [9.17, 15) is 9.59 Å². The molecule has 0 radical (unpaired) electrons. The second kappa shape index (κ2) is 9.67. The van der Waals surface area contributed by atoms with Crippen molar-refractivity contribution in [2.75, 3.05) is 26.6 Å². The average Bonchev–Trinajstić information content (AvgIpc) is 3.20. The van der Waals surface area contributed by atoms with Crippen LogP contribution in [0.3, 0.4) is 0 Å². The zero-order chi connectivity index (χ0) is 24.1. The van der Waals surface area contributed by atoms with E-state index < -0.39 is 17.5 Å². The van der Waals surface area contributed by atoms with Crippen LogP contribution in [0.1, 0.15) is 11.1 Å². The second-order valence-corrected chi connectivity index (χ2v) is 7.61. The summed E-state index contributed by atoms with van der Waals surface area (Å²) in [5.41, 5.74) is 1.73. The van der Waals surface area contributed by atoms with Crippen LogP contribution in [0.2, 0.25) is 0 Å². The van der Waals surface area contributed by atoms with Crippen LogP contribution in [0.5, 0.6) is 0 Å². The van der Waals surface area contributed by atoms with Gasteiger partial charge in [-0.05, 0) is 23.3 Å². The fourth-order valence-corrected chi connectivity index (χ4v) is 4.45. The maximum absolute atomic E-state index is 13.4. The number of hydrogen-bond donors (Lipinski definition) is 1. The lowest BCUT2D eigenvalue weighted by molar-refractivity contribution is -0.136. The van der Waals surface area contributed by atoms with E-state index in [1.807, 2.05) is 91.0 Å². The Balaban J connectivity index is 2.19. The molecule has 6 heteroatoms. The number of carbonyl (C=O) groups is 2. The van der Waals surface area contributed by atoms with Crippen LogP contribution < -0.4 is 5.32 Å². The van der Waals surface area contributed by atoms with Crippen LogP contribution >= 0.6 is 0 Å². The topological polar surface area (TPSA) is 73.9 Å². The Labute approximate surface area is 198 Å². The van der Waals surface area contributed by atoms with Gasteiger partial charge in [0, 0.05) is 11.3 Å². The van der Waals surface area contributed by atoms with E-state index in [-0.39, 0.29) is 16.9 Å². The summed E-state index contributed by atoms with van der Waals surface area (Å²) < 4.78 is 16.1. The first kappa shape index (κ1) is 22.9. The molecular formula is C28H25NO5. The van der Waals surface area contributed by atoms with Gasteiger partial charge in [-0.3, -0.25) is 0 Å². The Kier molecular flexibility index (Phi) is 6.50. The summed E-state index contributed by atoms with van der Waals surface area (Å²) in [6.07, 6.45) is 0. The first-order chi connectivity index (χ1) is 16.6. The van der Waals surface area contributed by atoms with Crippen LogP contribution in [0, 0.1) is 0 Å². The smallest absolute Gasteiger partial charge is 0.342 e. The van der Waals surface area contributed by atoms with E-state index in [0.29, 0.717) is 5.57 Å². The van der Waals surface area contributed by atoms with Gasteiger partial charge in [0.1, 0.15) is 22.4 Å². The number of ether oxygens (including phenoxy) is 3. The molecule has 3 aromatic carbocycles. The summed E-state index contributed by atoms with van der Waals surface area (Å²) in [7, 11) is 4.03. The first-order valence-corrected chi connectivity index (χ1v) is 10.7. The minimum Gasteiger partial charge on any atom is -0.495 e. The van der Waals surface area contributed by atoms with E-state index in [0.717, 1.165) is 16.8 Å². The van der Waals surface area contributed by atoms with Gasteiger partial charge < -0.3 is 19.5 Å². The van der Waals surface area contributed by atoms with Crippen LogP contribution in [0.25, 0.3) is 5.57 Å². The third-order valence-corrected chi connectivity index (χ3v) is 5.81. The Bertz CT molecular complexity index is 1250. The van der Waals surface area contributed by atoms with Gasteiger partial charge in [-0.1, -0.05) is 78.9 Å².